The number of hydrogen-bond acceptors (Lipinski definition) is 7. The van der Waals surface area contributed by atoms with Gasteiger partial charge in [0.2, 0.25) is 5.91 Å². The number of carbonyl (C=O) groups excluding carboxylic acids is 1. The van der Waals surface area contributed by atoms with E-state index in [9.17, 15) is 19.6 Å². The van der Waals surface area contributed by atoms with Gasteiger partial charge in [-0.05, 0) is 44.0 Å². The van der Waals surface area contributed by atoms with Crippen molar-refractivity contribution in [2.24, 2.45) is 15.0 Å². The Morgan fingerprint density at radius 1 is 1.51 bits per heavy atom. The summed E-state index contributed by atoms with van der Waals surface area (Å²) in [6.07, 6.45) is 3.91. The van der Waals surface area contributed by atoms with Crippen LogP contribution >= 0.6 is 0 Å². The minimum Gasteiger partial charge on any atom is -0.486 e. The van der Waals surface area contributed by atoms with E-state index in [0.717, 1.165) is 6.21 Å². The Hall–Kier alpha value is -4.01. The van der Waals surface area contributed by atoms with Crippen LogP contribution in [0.5, 0.6) is 5.75 Å². The molecule has 1 unspecified atom stereocenters. The number of aliphatic hydroxyl groups is 2. The smallest absolute Gasteiger partial charge is 0.248 e. The Kier molecular flexibility index (Phi) is 10.6. The lowest BCUT2D eigenvalue weighted by atomic mass is 10.0. The number of aliphatic hydroxyl groups excluding tert-OH is 2. The fourth-order valence-corrected chi connectivity index (χ4v) is 3.19. The fraction of sp³-hybridized carbons (Fsp3) is 0.333. The number of ether oxygens (including phenoxy) is 1. The Morgan fingerprint density at radius 2 is 2.29 bits per heavy atom. The van der Waals surface area contributed by atoms with Crippen LogP contribution in [0.4, 0.5) is 4.39 Å². The highest BCUT2D eigenvalue weighted by Crippen LogP contribution is 2.26. The number of rotatable bonds is 9. The largest absolute Gasteiger partial charge is 0.486 e. The van der Waals surface area contributed by atoms with Crippen molar-refractivity contribution in [1.82, 2.24) is 4.90 Å². The van der Waals surface area contributed by atoms with Crippen LogP contribution in [-0.4, -0.2) is 84.2 Å². The second kappa shape index (κ2) is 13.6. The molecule has 0 aromatic heterocycles. The van der Waals surface area contributed by atoms with E-state index in [0.29, 0.717) is 11.3 Å². The first kappa shape index (κ1) is 27.2. The summed E-state index contributed by atoms with van der Waals surface area (Å²) >= 11 is 0. The third-order valence-corrected chi connectivity index (χ3v) is 4.94. The van der Waals surface area contributed by atoms with Crippen molar-refractivity contribution < 1.29 is 24.1 Å². The third kappa shape index (κ3) is 8.06. The van der Waals surface area contributed by atoms with Gasteiger partial charge >= 0.3 is 0 Å². The predicted octanol–water partition coefficient (Wildman–Crippen LogP) is 1.81. The first-order valence-electron chi connectivity index (χ1n) is 10.7. The monoisotopic (exact) mass is 482 g/mol. The van der Waals surface area contributed by atoms with Gasteiger partial charge in [-0.15, -0.1) is 0 Å². The standard InChI is InChI=1S/C24H27FN6O4/c1-16(33)3-5-19(7-9-26)29-15-30-24(28-2)17-4-6-21(18(11-17)12-27)35-22-8-10-31(13-20(22)25)23(34)14-32/h3-7,9,11,15-16,20,22,26,32-33H,2,8,10,13-14H2,1H3/b5-3+,19-7+,26-9?,29-15?,30-24?/t16?,20-,22+/m1/s1. The van der Waals surface area contributed by atoms with Gasteiger partial charge in [-0.1, -0.05) is 6.08 Å². The maximum absolute atomic E-state index is 14.6. The topological polar surface area (TPSA) is 155 Å². The average molecular weight is 483 g/mol. The van der Waals surface area contributed by atoms with Crippen LogP contribution < -0.4 is 4.74 Å². The zero-order valence-corrected chi connectivity index (χ0v) is 19.2. The molecule has 184 valence electrons. The van der Waals surface area contributed by atoms with Gasteiger partial charge in [-0.2, -0.15) is 5.26 Å². The number of halogens is 1. The van der Waals surface area contributed by atoms with E-state index in [1.165, 1.54) is 41.6 Å². The van der Waals surface area contributed by atoms with Gasteiger partial charge in [0.05, 0.1) is 23.9 Å². The summed E-state index contributed by atoms with van der Waals surface area (Å²) in [5, 5.41) is 35.1. The van der Waals surface area contributed by atoms with E-state index in [-0.39, 0.29) is 36.7 Å². The van der Waals surface area contributed by atoms with Crippen molar-refractivity contribution in [2.45, 2.75) is 31.7 Å². The molecule has 0 spiro atoms. The lowest BCUT2D eigenvalue weighted by Crippen LogP contribution is -2.50. The van der Waals surface area contributed by atoms with E-state index < -0.39 is 30.9 Å². The maximum Gasteiger partial charge on any atom is 0.248 e. The second-order valence-corrected chi connectivity index (χ2v) is 7.49. The predicted molar refractivity (Wildman–Crippen MR) is 131 cm³/mol. The molecule has 1 fully saturated rings. The molecule has 0 bridgehead atoms. The zero-order valence-electron chi connectivity index (χ0n) is 19.2. The molecule has 1 aromatic carbocycles. The molecule has 35 heavy (non-hydrogen) atoms. The number of nitrogens with one attached hydrogen (secondary N) is 1. The minimum absolute atomic E-state index is 0.140. The van der Waals surface area contributed by atoms with Gasteiger partial charge in [0.15, 0.2) is 12.0 Å². The first-order chi connectivity index (χ1) is 16.8. The SMILES string of the molecule is C=NC(=NC=NC(/C=C/C(C)O)=C/C=N)c1ccc(O[C@H]2CCN(C(=O)CO)C[C@H]2F)c(C#N)c1. The number of aliphatic imine (C=N–C) groups is 3. The van der Waals surface area contributed by atoms with Crippen molar-refractivity contribution in [3.05, 3.63) is 53.3 Å². The van der Waals surface area contributed by atoms with Crippen molar-refractivity contribution in [3.8, 4) is 11.8 Å². The molecule has 10 nitrogen and oxygen atoms in total. The summed E-state index contributed by atoms with van der Waals surface area (Å²) in [7, 11) is 0. The quantitative estimate of drug-likeness (QED) is 0.278. The van der Waals surface area contributed by atoms with Crippen molar-refractivity contribution >= 4 is 31.0 Å². The number of nitrogens with zero attached hydrogens (tertiary/aromatic N) is 5. The number of amidine groups is 1. The van der Waals surface area contributed by atoms with Crippen LogP contribution in [0.1, 0.15) is 24.5 Å². The van der Waals surface area contributed by atoms with Gasteiger partial charge < -0.3 is 25.3 Å². The molecule has 1 aromatic rings. The number of amides is 1. The fourth-order valence-electron chi connectivity index (χ4n) is 3.19. The summed E-state index contributed by atoms with van der Waals surface area (Å²) in [5.41, 5.74) is 0.968. The highest BCUT2D eigenvalue weighted by atomic mass is 19.1. The number of allylic oxidation sites excluding steroid dienone is 2. The number of piperidine rings is 1. The maximum atomic E-state index is 14.6. The highest BCUT2D eigenvalue weighted by molar-refractivity contribution is 6.05. The van der Waals surface area contributed by atoms with Crippen molar-refractivity contribution in [2.75, 3.05) is 19.7 Å². The van der Waals surface area contributed by atoms with Crippen LogP contribution in [0.15, 0.2) is 57.1 Å². The van der Waals surface area contributed by atoms with E-state index >= 15 is 0 Å². The molecule has 1 saturated heterocycles. The van der Waals surface area contributed by atoms with Gasteiger partial charge in [0.1, 0.15) is 30.9 Å². The van der Waals surface area contributed by atoms with Gasteiger partial charge in [-0.3, -0.25) is 4.79 Å². The van der Waals surface area contributed by atoms with Crippen LogP contribution in [0.3, 0.4) is 0 Å². The number of benzene rings is 1. The van der Waals surface area contributed by atoms with E-state index in [1.807, 2.05) is 6.07 Å². The molecule has 1 heterocycles. The molecule has 0 saturated carbocycles. The molecule has 1 aliphatic heterocycles. The Balaban J connectivity index is 2.19. The second-order valence-electron chi connectivity index (χ2n) is 7.49. The summed E-state index contributed by atoms with van der Waals surface area (Å²) in [4.78, 5) is 24.9. The first-order valence-corrected chi connectivity index (χ1v) is 10.7. The van der Waals surface area contributed by atoms with Crippen LogP contribution in [0.2, 0.25) is 0 Å². The summed E-state index contributed by atoms with van der Waals surface area (Å²) in [6.45, 7) is 4.43. The lowest BCUT2D eigenvalue weighted by Gasteiger charge is -2.34. The lowest BCUT2D eigenvalue weighted by molar-refractivity contribution is -0.138. The number of hydrogen-bond donors (Lipinski definition) is 3. The van der Waals surface area contributed by atoms with Gasteiger partial charge in [0.25, 0.3) is 0 Å². The Labute approximate surface area is 202 Å². The molecule has 0 aliphatic carbocycles. The molecule has 3 N–H and O–H groups in total. The molecule has 11 heteroatoms. The zero-order chi connectivity index (χ0) is 25.8. The molecular formula is C24H27FN6O4. The molecule has 1 aliphatic rings. The molecule has 0 radical (unpaired) electrons. The Bertz CT molecular complexity index is 1090. The van der Waals surface area contributed by atoms with Crippen LogP contribution in [-0.2, 0) is 4.79 Å². The molecular weight excluding hydrogens is 455 g/mol. The summed E-state index contributed by atoms with van der Waals surface area (Å²) in [6, 6.07) is 6.60. The number of likely N-dealkylation sites (tertiary alicyclic amines) is 1. The van der Waals surface area contributed by atoms with Gasteiger partial charge in [-0.25, -0.2) is 19.4 Å². The van der Waals surface area contributed by atoms with Crippen LogP contribution in [0.25, 0.3) is 0 Å². The third-order valence-electron chi connectivity index (χ3n) is 4.94. The average Bonchev–Trinajstić information content (AvgIpc) is 2.85. The van der Waals surface area contributed by atoms with E-state index in [2.05, 4.69) is 21.7 Å². The number of carbonyl (C=O) groups is 1. The highest BCUT2D eigenvalue weighted by Gasteiger charge is 2.33. The van der Waals surface area contributed by atoms with Crippen molar-refractivity contribution in [3.63, 3.8) is 0 Å². The molecule has 2 rings (SSSR count). The number of alkyl halides is 1. The summed E-state index contributed by atoms with van der Waals surface area (Å²) < 4.78 is 20.3. The normalized spacial score (nSPS) is 20.0. The minimum atomic E-state index is -1.47. The Morgan fingerprint density at radius 3 is 2.89 bits per heavy atom. The molecule has 1 amide bonds. The summed E-state index contributed by atoms with van der Waals surface area (Å²) in [5.74, 6) is -0.188. The number of nitriles is 1. The molecule has 3 atom stereocenters. The van der Waals surface area contributed by atoms with E-state index in [4.69, 9.17) is 15.3 Å². The van der Waals surface area contributed by atoms with Crippen LogP contribution in [0, 0.1) is 16.7 Å². The van der Waals surface area contributed by atoms with Gasteiger partial charge in [0, 0.05) is 24.7 Å². The van der Waals surface area contributed by atoms with Crippen molar-refractivity contribution in [1.29, 1.82) is 10.7 Å². The van der Waals surface area contributed by atoms with E-state index in [1.54, 1.807) is 13.0 Å².